The zero-order chi connectivity index (χ0) is 18.2. The molecule has 130 valence electrons. The number of para-hydroxylation sites is 2. The Morgan fingerprint density at radius 1 is 1.28 bits per heavy atom. The highest BCUT2D eigenvalue weighted by molar-refractivity contribution is 6.11. The van der Waals surface area contributed by atoms with Gasteiger partial charge in [-0.1, -0.05) is 12.1 Å². The highest BCUT2D eigenvalue weighted by Gasteiger charge is 2.35. The number of hydrogen-bond acceptors (Lipinski definition) is 5. The number of hydrogen-bond donors (Lipinski definition) is 1. The lowest BCUT2D eigenvalue weighted by atomic mass is 9.98. The number of carbonyl (C=O) groups excluding carboxylic acids is 1. The van der Waals surface area contributed by atoms with E-state index in [1.54, 1.807) is 4.90 Å². The quantitative estimate of drug-likeness (QED) is 0.683. The number of nitro groups is 1. The summed E-state index contributed by atoms with van der Waals surface area (Å²) >= 11 is 0. The third kappa shape index (κ3) is 3.13. The summed E-state index contributed by atoms with van der Waals surface area (Å²) in [6.07, 6.45) is 0. The van der Waals surface area contributed by atoms with E-state index in [4.69, 9.17) is 4.74 Å². The maximum Gasteiger partial charge on any atom is 0.282 e. The molecule has 0 atom stereocenters. The molecule has 0 radical (unpaired) electrons. The number of fused-ring (bicyclic) bond motifs is 1. The van der Waals surface area contributed by atoms with Crippen LogP contribution in [0, 0.1) is 10.1 Å². The fourth-order valence-electron chi connectivity index (χ4n) is 3.00. The number of carbonyl (C=O) groups is 1. The Morgan fingerprint density at radius 2 is 2.00 bits per heavy atom. The summed E-state index contributed by atoms with van der Waals surface area (Å²) in [5.41, 5.74) is 0.926. The number of amides is 1. The molecule has 7 heteroatoms. The molecule has 1 aliphatic heterocycles. The van der Waals surface area contributed by atoms with Crippen LogP contribution in [-0.2, 0) is 0 Å². The molecule has 1 N–H and O–H groups in total. The van der Waals surface area contributed by atoms with E-state index in [0.717, 1.165) is 5.69 Å². The molecule has 1 heterocycles. The average molecular weight is 341 g/mol. The van der Waals surface area contributed by atoms with Gasteiger partial charge < -0.3 is 15.0 Å². The van der Waals surface area contributed by atoms with Crippen molar-refractivity contribution in [3.05, 3.63) is 58.1 Å². The smallest absolute Gasteiger partial charge is 0.282 e. The number of methoxy groups -OCH3 is 1. The van der Waals surface area contributed by atoms with Crippen molar-refractivity contribution in [3.63, 3.8) is 0 Å². The molecular formula is C18H19N3O4. The van der Waals surface area contributed by atoms with Crippen molar-refractivity contribution in [2.75, 3.05) is 23.9 Å². The predicted octanol–water partition coefficient (Wildman–Crippen LogP) is 3.45. The van der Waals surface area contributed by atoms with Crippen molar-refractivity contribution < 1.29 is 14.5 Å². The molecule has 1 amide bonds. The van der Waals surface area contributed by atoms with Crippen LogP contribution in [0.25, 0.3) is 0 Å². The van der Waals surface area contributed by atoms with Gasteiger partial charge in [-0.25, -0.2) is 0 Å². The lowest BCUT2D eigenvalue weighted by Gasteiger charge is -2.40. The summed E-state index contributed by atoms with van der Waals surface area (Å²) in [7, 11) is 1.46. The van der Waals surface area contributed by atoms with Gasteiger partial charge in [-0.15, -0.1) is 0 Å². The number of nitrogens with one attached hydrogen (secondary N) is 1. The molecule has 7 nitrogen and oxygen atoms in total. The van der Waals surface area contributed by atoms with Gasteiger partial charge in [0.1, 0.15) is 11.3 Å². The van der Waals surface area contributed by atoms with Crippen LogP contribution in [0.1, 0.15) is 24.2 Å². The van der Waals surface area contributed by atoms with Crippen LogP contribution < -0.4 is 15.0 Å². The molecule has 0 fully saturated rings. The Bertz CT molecular complexity index is 848. The van der Waals surface area contributed by atoms with Crippen molar-refractivity contribution in [3.8, 4) is 5.75 Å². The first-order chi connectivity index (χ1) is 11.8. The minimum atomic E-state index is -0.550. The van der Waals surface area contributed by atoms with Gasteiger partial charge >= 0.3 is 0 Å². The number of rotatable bonds is 3. The lowest BCUT2D eigenvalue weighted by Crippen LogP contribution is -2.50. The minimum Gasteiger partial charge on any atom is -0.497 e. The summed E-state index contributed by atoms with van der Waals surface area (Å²) in [6, 6.07) is 11.6. The van der Waals surface area contributed by atoms with Crippen LogP contribution in [0.3, 0.4) is 0 Å². The van der Waals surface area contributed by atoms with Crippen molar-refractivity contribution in [2.45, 2.75) is 19.4 Å². The standard InChI is InChI=1S/C18H19N3O4/c1-18(2)11-20(16-7-5-4-6-14(16)19-18)17(22)13-10-12(25-3)8-9-15(13)21(23)24/h4-10,19H,11H2,1-3H3. The first-order valence-electron chi connectivity index (χ1n) is 7.84. The maximum atomic E-state index is 13.2. The van der Waals surface area contributed by atoms with Crippen molar-refractivity contribution >= 4 is 23.0 Å². The average Bonchev–Trinajstić information content (AvgIpc) is 2.58. The largest absolute Gasteiger partial charge is 0.497 e. The van der Waals surface area contributed by atoms with Gasteiger partial charge in [-0.3, -0.25) is 14.9 Å². The molecule has 0 bridgehead atoms. The Morgan fingerprint density at radius 3 is 2.68 bits per heavy atom. The fraction of sp³-hybridized carbons (Fsp3) is 0.278. The van der Waals surface area contributed by atoms with Crippen LogP contribution in [0.15, 0.2) is 42.5 Å². The molecule has 0 saturated heterocycles. The van der Waals surface area contributed by atoms with E-state index in [2.05, 4.69) is 5.32 Å². The van der Waals surface area contributed by atoms with Gasteiger partial charge in [-0.05, 0) is 38.1 Å². The molecule has 0 aliphatic carbocycles. The summed E-state index contributed by atoms with van der Waals surface area (Å²) in [4.78, 5) is 25.6. The monoisotopic (exact) mass is 341 g/mol. The van der Waals surface area contributed by atoms with Gasteiger partial charge in [-0.2, -0.15) is 0 Å². The van der Waals surface area contributed by atoms with Crippen LogP contribution in [0.5, 0.6) is 5.75 Å². The molecule has 0 unspecified atom stereocenters. The molecule has 25 heavy (non-hydrogen) atoms. The first-order valence-corrected chi connectivity index (χ1v) is 7.84. The molecule has 3 rings (SSSR count). The second kappa shape index (κ2) is 6.08. The van der Waals surface area contributed by atoms with Crippen molar-refractivity contribution in [1.29, 1.82) is 0 Å². The summed E-state index contributed by atoms with van der Waals surface area (Å²) in [6.45, 7) is 4.34. The van der Waals surface area contributed by atoms with E-state index < -0.39 is 10.8 Å². The van der Waals surface area contributed by atoms with Crippen molar-refractivity contribution in [2.24, 2.45) is 0 Å². The maximum absolute atomic E-state index is 13.2. The second-order valence-corrected chi connectivity index (χ2v) is 6.56. The van der Waals surface area contributed by atoms with E-state index in [1.165, 1.54) is 25.3 Å². The molecule has 2 aromatic carbocycles. The molecule has 0 spiro atoms. The van der Waals surface area contributed by atoms with Gasteiger partial charge in [0.15, 0.2) is 0 Å². The van der Waals surface area contributed by atoms with Gasteiger partial charge in [0.05, 0.1) is 23.4 Å². The zero-order valence-corrected chi connectivity index (χ0v) is 14.3. The Hall–Kier alpha value is -3.09. The third-order valence-corrected chi connectivity index (χ3v) is 4.10. The fourth-order valence-corrected chi connectivity index (χ4v) is 3.00. The number of nitro benzene ring substituents is 1. The highest BCUT2D eigenvalue weighted by atomic mass is 16.6. The van der Waals surface area contributed by atoms with Gasteiger partial charge in [0.2, 0.25) is 0 Å². The van der Waals surface area contributed by atoms with Crippen LogP contribution in [0.4, 0.5) is 17.1 Å². The third-order valence-electron chi connectivity index (χ3n) is 4.10. The number of nitrogens with zero attached hydrogens (tertiary/aromatic N) is 2. The van der Waals surface area contributed by atoms with Crippen molar-refractivity contribution in [1.82, 2.24) is 0 Å². The molecule has 2 aromatic rings. The zero-order valence-electron chi connectivity index (χ0n) is 14.3. The van der Waals surface area contributed by atoms with Crippen LogP contribution in [0.2, 0.25) is 0 Å². The van der Waals surface area contributed by atoms with E-state index in [-0.39, 0.29) is 16.8 Å². The van der Waals surface area contributed by atoms with Gasteiger partial charge in [0, 0.05) is 18.2 Å². The van der Waals surface area contributed by atoms with E-state index >= 15 is 0 Å². The number of anilines is 2. The lowest BCUT2D eigenvalue weighted by molar-refractivity contribution is -0.385. The first kappa shape index (κ1) is 16.8. The van der Waals surface area contributed by atoms with Crippen LogP contribution in [-0.4, -0.2) is 30.0 Å². The number of ether oxygens (including phenoxy) is 1. The Balaban J connectivity index is 2.11. The van der Waals surface area contributed by atoms with E-state index in [1.807, 2.05) is 38.1 Å². The SMILES string of the molecule is COc1ccc([N+](=O)[O-])c(C(=O)N2CC(C)(C)Nc3ccccc32)c1. The Kier molecular flexibility index (Phi) is 4.08. The second-order valence-electron chi connectivity index (χ2n) is 6.56. The summed E-state index contributed by atoms with van der Waals surface area (Å²) < 4.78 is 5.13. The molecular weight excluding hydrogens is 322 g/mol. The number of benzene rings is 2. The molecule has 0 saturated carbocycles. The van der Waals surface area contributed by atoms with E-state index in [9.17, 15) is 14.9 Å². The van der Waals surface area contributed by atoms with Crippen LogP contribution >= 0.6 is 0 Å². The predicted molar refractivity (Wildman–Crippen MR) is 95.5 cm³/mol. The minimum absolute atomic E-state index is 0.0110. The summed E-state index contributed by atoms with van der Waals surface area (Å²) in [5, 5.41) is 14.7. The Labute approximate surface area is 145 Å². The normalized spacial score (nSPS) is 15.1. The topological polar surface area (TPSA) is 84.7 Å². The highest BCUT2D eigenvalue weighted by Crippen LogP contribution is 2.36. The molecule has 0 aromatic heterocycles. The molecule has 1 aliphatic rings. The van der Waals surface area contributed by atoms with E-state index in [0.29, 0.717) is 18.0 Å². The summed E-state index contributed by atoms with van der Waals surface area (Å²) in [5.74, 6) is -0.0238. The van der Waals surface area contributed by atoms with Gasteiger partial charge in [0.25, 0.3) is 11.6 Å².